The summed E-state index contributed by atoms with van der Waals surface area (Å²) >= 11 is 0. The minimum atomic E-state index is -3.81. The Bertz CT molecular complexity index is 924. The summed E-state index contributed by atoms with van der Waals surface area (Å²) in [7, 11) is -0.712. The molecule has 0 bridgehead atoms. The molecule has 144 valence electrons. The van der Waals surface area contributed by atoms with Crippen LogP contribution in [0.25, 0.3) is 0 Å². The average molecular weight is 390 g/mol. The number of benzene rings is 2. The second-order valence-electron chi connectivity index (χ2n) is 6.15. The molecule has 0 heterocycles. The third-order valence-corrected chi connectivity index (χ3v) is 5.27. The third-order valence-electron chi connectivity index (χ3n) is 3.87. The smallest absolute Gasteiger partial charge is 0.338 e. The van der Waals surface area contributed by atoms with Crippen molar-refractivity contribution in [2.45, 2.75) is 18.4 Å². The molecule has 2 rings (SSSR count). The minimum absolute atomic E-state index is 0.0464. The summed E-state index contributed by atoms with van der Waals surface area (Å²) < 4.78 is 32.5. The highest BCUT2D eigenvalue weighted by Gasteiger charge is 2.19. The molecule has 0 aliphatic heterocycles. The van der Waals surface area contributed by atoms with Crippen LogP contribution in [0.3, 0.4) is 0 Å². The van der Waals surface area contributed by atoms with Gasteiger partial charge >= 0.3 is 5.97 Å². The fraction of sp³-hybridized carbons (Fsp3) is 0.263. The Morgan fingerprint density at radius 1 is 1.07 bits per heavy atom. The lowest BCUT2D eigenvalue weighted by molar-refractivity contribution is -0.131. The van der Waals surface area contributed by atoms with E-state index in [9.17, 15) is 18.0 Å². The quantitative estimate of drug-likeness (QED) is 0.727. The Hall–Kier alpha value is -2.71. The Balaban J connectivity index is 2.15. The summed E-state index contributed by atoms with van der Waals surface area (Å²) in [4.78, 5) is 25.0. The second-order valence-corrected chi connectivity index (χ2v) is 7.92. The number of nitrogens with one attached hydrogen (secondary N) is 1. The lowest BCUT2D eigenvalue weighted by Crippen LogP contribution is -2.28. The van der Waals surface area contributed by atoms with Gasteiger partial charge < -0.3 is 9.64 Å². The van der Waals surface area contributed by atoms with Crippen LogP contribution < -0.4 is 4.72 Å². The van der Waals surface area contributed by atoms with Gasteiger partial charge in [0.25, 0.3) is 5.91 Å². The van der Waals surface area contributed by atoms with Crippen LogP contribution in [0.4, 0.5) is 0 Å². The fourth-order valence-electron chi connectivity index (χ4n) is 2.18. The first-order chi connectivity index (χ1) is 12.7. The van der Waals surface area contributed by atoms with Gasteiger partial charge in [0.05, 0.1) is 10.5 Å². The van der Waals surface area contributed by atoms with Crippen molar-refractivity contribution in [1.29, 1.82) is 0 Å². The number of sulfonamides is 1. The molecule has 0 saturated carbocycles. The molecule has 1 amide bonds. The van der Waals surface area contributed by atoms with Crippen molar-refractivity contribution in [3.8, 4) is 0 Å². The maximum absolute atomic E-state index is 12.5. The molecular formula is C19H22N2O5S. The molecule has 7 nitrogen and oxygen atoms in total. The Morgan fingerprint density at radius 3 is 2.37 bits per heavy atom. The number of hydrogen-bond donors (Lipinski definition) is 1. The van der Waals surface area contributed by atoms with E-state index in [1.807, 2.05) is 30.3 Å². The van der Waals surface area contributed by atoms with Crippen molar-refractivity contribution in [1.82, 2.24) is 9.62 Å². The van der Waals surface area contributed by atoms with E-state index in [2.05, 4.69) is 4.72 Å². The van der Waals surface area contributed by atoms with Crippen molar-refractivity contribution >= 4 is 21.9 Å². The first-order valence-corrected chi connectivity index (χ1v) is 9.70. The van der Waals surface area contributed by atoms with Crippen LogP contribution in [0.15, 0.2) is 53.4 Å². The highest BCUT2D eigenvalue weighted by atomic mass is 32.2. The van der Waals surface area contributed by atoms with Gasteiger partial charge in [0.2, 0.25) is 10.0 Å². The van der Waals surface area contributed by atoms with Crippen molar-refractivity contribution in [2.75, 3.05) is 20.7 Å². The van der Waals surface area contributed by atoms with Crippen LogP contribution in [-0.4, -0.2) is 45.9 Å². The normalized spacial score (nSPS) is 11.1. The van der Waals surface area contributed by atoms with Gasteiger partial charge in [-0.25, -0.2) is 17.9 Å². The van der Waals surface area contributed by atoms with Crippen molar-refractivity contribution in [3.05, 3.63) is 65.2 Å². The van der Waals surface area contributed by atoms with E-state index in [1.165, 1.54) is 23.1 Å². The highest BCUT2D eigenvalue weighted by Crippen LogP contribution is 2.17. The number of hydrogen-bond acceptors (Lipinski definition) is 5. The van der Waals surface area contributed by atoms with Gasteiger partial charge in [0.1, 0.15) is 0 Å². The van der Waals surface area contributed by atoms with Crippen LogP contribution in [0, 0.1) is 6.92 Å². The molecule has 0 spiro atoms. The molecule has 0 unspecified atom stereocenters. The van der Waals surface area contributed by atoms with Crippen molar-refractivity contribution in [3.63, 3.8) is 0 Å². The molecule has 27 heavy (non-hydrogen) atoms. The third kappa shape index (κ3) is 5.63. The molecule has 1 N–H and O–H groups in total. The summed E-state index contributed by atoms with van der Waals surface area (Å²) in [6.07, 6.45) is 0. The number of aryl methyl sites for hydroxylation is 1. The number of likely N-dealkylation sites (N-methyl/N-ethyl adjacent to an activating group) is 1. The summed E-state index contributed by atoms with van der Waals surface area (Å²) in [5.74, 6) is -1.11. The van der Waals surface area contributed by atoms with Crippen LogP contribution in [-0.2, 0) is 26.1 Å². The number of rotatable bonds is 7. The Labute approximate surface area is 159 Å². The topological polar surface area (TPSA) is 92.8 Å². The largest absolute Gasteiger partial charge is 0.452 e. The van der Waals surface area contributed by atoms with E-state index in [-0.39, 0.29) is 22.9 Å². The lowest BCUT2D eigenvalue weighted by Gasteiger charge is -2.12. The summed E-state index contributed by atoms with van der Waals surface area (Å²) in [6, 6.07) is 13.3. The fourth-order valence-corrected chi connectivity index (χ4v) is 3.22. The zero-order valence-corrected chi connectivity index (χ0v) is 16.2. The number of carbonyl (C=O) groups is 2. The van der Waals surface area contributed by atoms with E-state index >= 15 is 0 Å². The molecule has 2 aromatic carbocycles. The average Bonchev–Trinajstić information content (AvgIpc) is 2.65. The number of nitrogens with zero attached hydrogens (tertiary/aromatic N) is 1. The summed E-state index contributed by atoms with van der Waals surface area (Å²) in [5, 5.41) is 0. The standard InChI is InChI=1S/C19H22N2O5S/c1-14-9-10-16(11-17(14)19(23)26-13-18(22)21(2)3)27(24,25)20-12-15-7-5-4-6-8-15/h4-11,20H,12-13H2,1-3H3. The van der Waals surface area contributed by atoms with Gasteiger partial charge in [-0.3, -0.25) is 4.79 Å². The summed E-state index contributed by atoms with van der Waals surface area (Å²) in [6.45, 7) is 1.39. The van der Waals surface area contributed by atoms with Crippen molar-refractivity contribution in [2.24, 2.45) is 0 Å². The number of carbonyl (C=O) groups excluding carboxylic acids is 2. The van der Waals surface area contributed by atoms with Crippen molar-refractivity contribution < 1.29 is 22.7 Å². The minimum Gasteiger partial charge on any atom is -0.452 e. The molecule has 0 aromatic heterocycles. The van der Waals surface area contributed by atoms with Gasteiger partial charge in [0.15, 0.2) is 6.61 Å². The first kappa shape index (κ1) is 20.6. The molecule has 0 fully saturated rings. The molecular weight excluding hydrogens is 368 g/mol. The van der Waals surface area contributed by atoms with Crippen LogP contribution >= 0.6 is 0 Å². The molecule has 8 heteroatoms. The van der Waals surface area contributed by atoms with Crippen LogP contribution in [0.1, 0.15) is 21.5 Å². The van der Waals surface area contributed by atoms with E-state index in [0.29, 0.717) is 5.56 Å². The number of ether oxygens (including phenoxy) is 1. The molecule has 0 radical (unpaired) electrons. The van der Waals surface area contributed by atoms with E-state index in [0.717, 1.165) is 5.56 Å². The molecule has 0 atom stereocenters. The zero-order chi connectivity index (χ0) is 20.0. The lowest BCUT2D eigenvalue weighted by atomic mass is 10.1. The van der Waals surface area contributed by atoms with Gasteiger partial charge in [0, 0.05) is 20.6 Å². The highest BCUT2D eigenvalue weighted by molar-refractivity contribution is 7.89. The maximum Gasteiger partial charge on any atom is 0.338 e. The predicted molar refractivity (Wildman–Crippen MR) is 101 cm³/mol. The summed E-state index contributed by atoms with van der Waals surface area (Å²) in [5.41, 5.74) is 1.47. The maximum atomic E-state index is 12.5. The van der Waals surface area contributed by atoms with Gasteiger partial charge in [-0.15, -0.1) is 0 Å². The van der Waals surface area contributed by atoms with E-state index in [1.54, 1.807) is 21.0 Å². The first-order valence-electron chi connectivity index (χ1n) is 8.22. The Morgan fingerprint density at radius 2 is 1.74 bits per heavy atom. The van der Waals surface area contributed by atoms with Crippen LogP contribution in [0.2, 0.25) is 0 Å². The number of esters is 1. The van der Waals surface area contributed by atoms with Gasteiger partial charge in [-0.05, 0) is 30.2 Å². The van der Waals surface area contributed by atoms with E-state index in [4.69, 9.17) is 4.74 Å². The molecule has 0 aliphatic rings. The molecule has 2 aromatic rings. The van der Waals surface area contributed by atoms with Gasteiger partial charge in [-0.2, -0.15) is 0 Å². The van der Waals surface area contributed by atoms with E-state index < -0.39 is 22.6 Å². The van der Waals surface area contributed by atoms with Crippen LogP contribution in [0.5, 0.6) is 0 Å². The SMILES string of the molecule is Cc1ccc(S(=O)(=O)NCc2ccccc2)cc1C(=O)OCC(=O)N(C)C. The second kappa shape index (κ2) is 8.79. The Kier molecular flexibility index (Phi) is 6.70. The molecule has 0 saturated heterocycles. The monoisotopic (exact) mass is 390 g/mol. The van der Waals surface area contributed by atoms with Gasteiger partial charge in [-0.1, -0.05) is 36.4 Å². The zero-order valence-electron chi connectivity index (χ0n) is 15.4. The molecule has 0 aliphatic carbocycles. The number of amides is 1. The predicted octanol–water partition coefficient (Wildman–Crippen LogP) is 1.72.